The van der Waals surface area contributed by atoms with E-state index in [2.05, 4.69) is 17.6 Å². The molecule has 2 atom stereocenters. The van der Waals surface area contributed by atoms with Gasteiger partial charge in [0.1, 0.15) is 0 Å². The third-order valence-corrected chi connectivity index (χ3v) is 4.54. The van der Waals surface area contributed by atoms with Crippen LogP contribution in [0.3, 0.4) is 0 Å². The van der Waals surface area contributed by atoms with Crippen molar-refractivity contribution in [1.82, 2.24) is 10.6 Å². The van der Waals surface area contributed by atoms with Gasteiger partial charge in [-0.25, -0.2) is 0 Å². The summed E-state index contributed by atoms with van der Waals surface area (Å²) in [5.74, 6) is 0.290. The molecule has 22 heavy (non-hydrogen) atoms. The van der Waals surface area contributed by atoms with Gasteiger partial charge in [0.15, 0.2) is 0 Å². The zero-order chi connectivity index (χ0) is 15.9. The molecule has 0 unspecified atom stereocenters. The lowest BCUT2D eigenvalue weighted by Crippen LogP contribution is -2.42. The van der Waals surface area contributed by atoms with Crippen LogP contribution in [0, 0.1) is 5.92 Å². The molecule has 2 amide bonds. The van der Waals surface area contributed by atoms with Crippen molar-refractivity contribution >= 4 is 23.4 Å². The second-order valence-corrected chi connectivity index (χ2v) is 6.33. The molecule has 1 saturated carbocycles. The SMILES string of the molecule is C[C@H]1CCCC[C@H]1NC(=O)CCNC(=O)c1ccccc1Cl. The Balaban J connectivity index is 1.73. The monoisotopic (exact) mass is 322 g/mol. The highest BCUT2D eigenvalue weighted by Gasteiger charge is 2.22. The molecule has 1 aromatic carbocycles. The molecule has 0 saturated heterocycles. The fourth-order valence-electron chi connectivity index (χ4n) is 2.84. The molecule has 0 spiro atoms. The van der Waals surface area contributed by atoms with Crippen molar-refractivity contribution in [1.29, 1.82) is 0 Å². The summed E-state index contributed by atoms with van der Waals surface area (Å²) in [7, 11) is 0. The van der Waals surface area contributed by atoms with Crippen LogP contribution in [0.5, 0.6) is 0 Å². The number of hydrogen-bond acceptors (Lipinski definition) is 2. The third kappa shape index (κ3) is 4.73. The first-order valence-electron chi connectivity index (χ1n) is 7.90. The van der Waals surface area contributed by atoms with Crippen LogP contribution in [0.25, 0.3) is 0 Å². The van der Waals surface area contributed by atoms with Crippen LogP contribution in [-0.2, 0) is 4.79 Å². The van der Waals surface area contributed by atoms with Crippen LogP contribution >= 0.6 is 11.6 Å². The van der Waals surface area contributed by atoms with E-state index in [0.717, 1.165) is 6.42 Å². The van der Waals surface area contributed by atoms with Gasteiger partial charge in [0.05, 0.1) is 10.6 Å². The Morgan fingerprint density at radius 3 is 2.68 bits per heavy atom. The molecule has 4 nitrogen and oxygen atoms in total. The van der Waals surface area contributed by atoms with Gasteiger partial charge in [-0.2, -0.15) is 0 Å². The van der Waals surface area contributed by atoms with E-state index in [1.165, 1.54) is 19.3 Å². The highest BCUT2D eigenvalue weighted by atomic mass is 35.5. The number of hydrogen-bond donors (Lipinski definition) is 2. The first-order chi connectivity index (χ1) is 10.6. The fraction of sp³-hybridized carbons (Fsp3) is 0.529. The molecule has 0 radical (unpaired) electrons. The Labute approximate surface area is 136 Å². The topological polar surface area (TPSA) is 58.2 Å². The van der Waals surface area contributed by atoms with E-state index in [4.69, 9.17) is 11.6 Å². The Morgan fingerprint density at radius 1 is 1.23 bits per heavy atom. The lowest BCUT2D eigenvalue weighted by molar-refractivity contribution is -0.122. The summed E-state index contributed by atoms with van der Waals surface area (Å²) in [6.07, 6.45) is 4.95. The molecule has 1 aromatic rings. The standard InChI is InChI=1S/C17H23ClN2O2/c1-12-6-2-5-9-15(12)20-16(21)10-11-19-17(22)13-7-3-4-8-14(13)18/h3-4,7-8,12,15H,2,5-6,9-11H2,1H3,(H,19,22)(H,20,21)/t12-,15+/m0/s1. The molecule has 2 rings (SSSR count). The second kappa shape index (κ2) is 8.18. The molecule has 0 aromatic heterocycles. The number of carbonyl (C=O) groups excluding carboxylic acids is 2. The minimum Gasteiger partial charge on any atom is -0.353 e. The summed E-state index contributed by atoms with van der Waals surface area (Å²) in [6.45, 7) is 2.50. The zero-order valence-corrected chi connectivity index (χ0v) is 13.7. The quantitative estimate of drug-likeness (QED) is 0.875. The third-order valence-electron chi connectivity index (χ3n) is 4.21. The predicted molar refractivity (Wildman–Crippen MR) is 88.0 cm³/mol. The summed E-state index contributed by atoms with van der Waals surface area (Å²) < 4.78 is 0. The molecule has 0 heterocycles. The van der Waals surface area contributed by atoms with E-state index in [1.54, 1.807) is 24.3 Å². The van der Waals surface area contributed by atoms with Gasteiger partial charge < -0.3 is 10.6 Å². The Bertz CT molecular complexity index is 533. The van der Waals surface area contributed by atoms with Gasteiger partial charge in [0.25, 0.3) is 5.91 Å². The van der Waals surface area contributed by atoms with Crippen LogP contribution in [0.2, 0.25) is 5.02 Å². The molecular formula is C17H23ClN2O2. The number of rotatable bonds is 5. The molecule has 120 valence electrons. The number of benzene rings is 1. The van der Waals surface area contributed by atoms with E-state index in [1.807, 2.05) is 0 Å². The molecule has 5 heteroatoms. The number of nitrogens with one attached hydrogen (secondary N) is 2. The lowest BCUT2D eigenvalue weighted by Gasteiger charge is -2.29. The molecule has 1 fully saturated rings. The molecule has 0 aliphatic heterocycles. The molecule has 1 aliphatic carbocycles. The number of halogens is 1. The molecule has 2 N–H and O–H groups in total. The Morgan fingerprint density at radius 2 is 1.95 bits per heavy atom. The summed E-state index contributed by atoms with van der Waals surface area (Å²) in [5, 5.41) is 6.23. The maximum Gasteiger partial charge on any atom is 0.252 e. The summed E-state index contributed by atoms with van der Waals surface area (Å²) in [6, 6.07) is 7.16. The maximum atomic E-state index is 12.0. The predicted octanol–water partition coefficient (Wildman–Crippen LogP) is 3.15. The second-order valence-electron chi connectivity index (χ2n) is 5.92. The molecular weight excluding hydrogens is 300 g/mol. The molecule has 0 bridgehead atoms. The first kappa shape index (κ1) is 16.8. The largest absolute Gasteiger partial charge is 0.353 e. The number of amides is 2. The summed E-state index contributed by atoms with van der Waals surface area (Å²) in [5.41, 5.74) is 0.436. The van der Waals surface area contributed by atoms with Gasteiger partial charge in [0.2, 0.25) is 5.91 Å². The highest BCUT2D eigenvalue weighted by molar-refractivity contribution is 6.33. The van der Waals surface area contributed by atoms with Gasteiger partial charge in [-0.15, -0.1) is 0 Å². The van der Waals surface area contributed by atoms with E-state index in [-0.39, 0.29) is 17.9 Å². The van der Waals surface area contributed by atoms with E-state index in [0.29, 0.717) is 29.5 Å². The van der Waals surface area contributed by atoms with E-state index in [9.17, 15) is 9.59 Å². The van der Waals surface area contributed by atoms with Crippen LogP contribution in [-0.4, -0.2) is 24.4 Å². The molecule has 1 aliphatic rings. The van der Waals surface area contributed by atoms with Crippen molar-refractivity contribution in [3.8, 4) is 0 Å². The van der Waals surface area contributed by atoms with Crippen molar-refractivity contribution in [3.63, 3.8) is 0 Å². The van der Waals surface area contributed by atoms with Gasteiger partial charge in [-0.05, 0) is 30.9 Å². The average molecular weight is 323 g/mol. The first-order valence-corrected chi connectivity index (χ1v) is 8.28. The zero-order valence-electron chi connectivity index (χ0n) is 12.9. The normalized spacial score (nSPS) is 21.2. The van der Waals surface area contributed by atoms with Crippen molar-refractivity contribution in [2.45, 2.75) is 45.1 Å². The van der Waals surface area contributed by atoms with Gasteiger partial charge >= 0.3 is 0 Å². The summed E-state index contributed by atoms with van der Waals surface area (Å²) in [4.78, 5) is 23.9. The lowest BCUT2D eigenvalue weighted by atomic mass is 9.86. The van der Waals surface area contributed by atoms with Gasteiger partial charge in [-0.3, -0.25) is 9.59 Å². The van der Waals surface area contributed by atoms with Crippen LogP contribution in [0.15, 0.2) is 24.3 Å². The van der Waals surface area contributed by atoms with E-state index >= 15 is 0 Å². The Hall–Kier alpha value is -1.55. The van der Waals surface area contributed by atoms with Crippen molar-refractivity contribution in [2.75, 3.05) is 6.54 Å². The Kier molecular flexibility index (Phi) is 6.25. The van der Waals surface area contributed by atoms with E-state index < -0.39 is 0 Å². The average Bonchev–Trinajstić information content (AvgIpc) is 2.50. The van der Waals surface area contributed by atoms with Gasteiger partial charge in [0, 0.05) is 19.0 Å². The minimum absolute atomic E-state index is 0.00166. The fourth-order valence-corrected chi connectivity index (χ4v) is 3.06. The van der Waals surface area contributed by atoms with Crippen molar-refractivity contribution in [2.24, 2.45) is 5.92 Å². The van der Waals surface area contributed by atoms with Crippen LogP contribution < -0.4 is 10.6 Å². The van der Waals surface area contributed by atoms with Crippen LogP contribution in [0.1, 0.15) is 49.4 Å². The minimum atomic E-state index is -0.246. The van der Waals surface area contributed by atoms with Crippen molar-refractivity contribution < 1.29 is 9.59 Å². The summed E-state index contributed by atoms with van der Waals surface area (Å²) >= 11 is 5.97. The smallest absolute Gasteiger partial charge is 0.252 e. The van der Waals surface area contributed by atoms with Gasteiger partial charge in [-0.1, -0.05) is 43.5 Å². The van der Waals surface area contributed by atoms with Crippen LogP contribution in [0.4, 0.5) is 0 Å². The number of carbonyl (C=O) groups is 2. The highest BCUT2D eigenvalue weighted by Crippen LogP contribution is 2.23. The van der Waals surface area contributed by atoms with Crippen molar-refractivity contribution in [3.05, 3.63) is 34.9 Å². The maximum absolute atomic E-state index is 12.0.